The average Bonchev–Trinajstić information content (AvgIpc) is 2.92. The minimum Gasteiger partial charge on any atom is -0.478 e. The van der Waals surface area contributed by atoms with Crippen LogP contribution in [0.2, 0.25) is 0 Å². The van der Waals surface area contributed by atoms with Crippen molar-refractivity contribution < 1.29 is 19.6 Å². The molecule has 2 unspecified atom stereocenters. The van der Waals surface area contributed by atoms with E-state index in [1.807, 2.05) is 6.92 Å². The summed E-state index contributed by atoms with van der Waals surface area (Å²) in [5.41, 5.74) is -0.259. The molecule has 1 fully saturated rings. The van der Waals surface area contributed by atoms with Gasteiger partial charge in [0.25, 0.3) is 5.69 Å². The van der Waals surface area contributed by atoms with Crippen molar-refractivity contribution in [2.24, 2.45) is 5.92 Å². The number of carbonyl (C=O) groups is 1. The smallest absolute Gasteiger partial charge is 0.338 e. The zero-order valence-corrected chi connectivity index (χ0v) is 11.0. The molecule has 2 atom stereocenters. The van der Waals surface area contributed by atoms with Gasteiger partial charge in [-0.25, -0.2) is 4.79 Å². The third-order valence-corrected chi connectivity index (χ3v) is 3.51. The Morgan fingerprint density at radius 2 is 2.35 bits per heavy atom. The Bertz CT molecular complexity index is 493. The van der Waals surface area contributed by atoms with Crippen LogP contribution in [0.25, 0.3) is 0 Å². The SMILES string of the molecule is CC(Nc1c(C(=O)O)cccc1[N+](=O)[O-])C1CCOC1. The first-order valence-electron chi connectivity index (χ1n) is 6.35. The number of para-hydroxylation sites is 1. The highest BCUT2D eigenvalue weighted by Crippen LogP contribution is 2.31. The molecule has 1 aromatic carbocycles. The van der Waals surface area contributed by atoms with Crippen molar-refractivity contribution in [2.45, 2.75) is 19.4 Å². The van der Waals surface area contributed by atoms with Crippen molar-refractivity contribution in [1.29, 1.82) is 0 Å². The number of hydrogen-bond acceptors (Lipinski definition) is 5. The number of carboxylic acids is 1. The summed E-state index contributed by atoms with van der Waals surface area (Å²) in [6, 6.07) is 3.93. The largest absolute Gasteiger partial charge is 0.478 e. The zero-order chi connectivity index (χ0) is 14.7. The van der Waals surface area contributed by atoms with Crippen molar-refractivity contribution in [1.82, 2.24) is 0 Å². The summed E-state index contributed by atoms with van der Waals surface area (Å²) in [5, 5.41) is 23.2. The molecule has 2 N–H and O–H groups in total. The third-order valence-electron chi connectivity index (χ3n) is 3.51. The van der Waals surface area contributed by atoms with Crippen LogP contribution in [0.5, 0.6) is 0 Å². The molecule has 0 radical (unpaired) electrons. The zero-order valence-electron chi connectivity index (χ0n) is 11.0. The van der Waals surface area contributed by atoms with E-state index in [1.54, 1.807) is 0 Å². The number of carboxylic acid groups (broad SMARTS) is 1. The van der Waals surface area contributed by atoms with Crippen LogP contribution in [0.3, 0.4) is 0 Å². The summed E-state index contributed by atoms with van der Waals surface area (Å²) in [5.74, 6) is -0.970. The summed E-state index contributed by atoms with van der Waals surface area (Å²) in [6.45, 7) is 3.12. The molecule has 1 aliphatic rings. The fraction of sp³-hybridized carbons (Fsp3) is 0.462. The predicted octanol–water partition coefficient (Wildman–Crippen LogP) is 2.13. The Hall–Kier alpha value is -2.15. The van der Waals surface area contributed by atoms with Crippen molar-refractivity contribution in [3.8, 4) is 0 Å². The molecule has 1 aromatic rings. The lowest BCUT2D eigenvalue weighted by Crippen LogP contribution is -2.27. The number of ether oxygens (including phenoxy) is 1. The van der Waals surface area contributed by atoms with E-state index in [1.165, 1.54) is 18.2 Å². The molecule has 7 heteroatoms. The maximum atomic E-state index is 11.2. The molecule has 0 aromatic heterocycles. The fourth-order valence-electron chi connectivity index (χ4n) is 2.31. The predicted molar refractivity (Wildman–Crippen MR) is 72.1 cm³/mol. The first kappa shape index (κ1) is 14.3. The molecule has 0 bridgehead atoms. The highest BCUT2D eigenvalue weighted by molar-refractivity contribution is 5.96. The summed E-state index contributed by atoms with van der Waals surface area (Å²) >= 11 is 0. The van der Waals surface area contributed by atoms with Gasteiger partial charge in [-0.3, -0.25) is 10.1 Å². The molecular formula is C13H16N2O5. The Balaban J connectivity index is 2.32. The van der Waals surface area contributed by atoms with Crippen molar-refractivity contribution >= 4 is 17.3 Å². The fourth-order valence-corrected chi connectivity index (χ4v) is 2.31. The molecule has 0 aliphatic carbocycles. The highest BCUT2D eigenvalue weighted by atomic mass is 16.6. The van der Waals surface area contributed by atoms with Crippen LogP contribution in [0.1, 0.15) is 23.7 Å². The second-order valence-corrected chi connectivity index (χ2v) is 4.82. The Labute approximate surface area is 115 Å². The van der Waals surface area contributed by atoms with Crippen LogP contribution in [-0.2, 0) is 4.74 Å². The molecule has 1 heterocycles. The second kappa shape index (κ2) is 5.87. The Morgan fingerprint density at radius 3 is 2.90 bits per heavy atom. The normalized spacial score (nSPS) is 19.6. The number of aromatic carboxylic acids is 1. The number of nitrogens with one attached hydrogen (secondary N) is 1. The van der Waals surface area contributed by atoms with Gasteiger partial charge in [-0.15, -0.1) is 0 Å². The average molecular weight is 280 g/mol. The Kier molecular flexibility index (Phi) is 4.19. The van der Waals surface area contributed by atoms with E-state index >= 15 is 0 Å². The maximum absolute atomic E-state index is 11.2. The van der Waals surface area contributed by atoms with Crippen LogP contribution in [0.4, 0.5) is 11.4 Å². The van der Waals surface area contributed by atoms with Gasteiger partial charge in [0.05, 0.1) is 17.1 Å². The lowest BCUT2D eigenvalue weighted by Gasteiger charge is -2.21. The number of benzene rings is 1. The van der Waals surface area contributed by atoms with E-state index in [4.69, 9.17) is 9.84 Å². The van der Waals surface area contributed by atoms with Crippen molar-refractivity contribution in [2.75, 3.05) is 18.5 Å². The number of nitro benzene ring substituents is 1. The lowest BCUT2D eigenvalue weighted by atomic mass is 9.99. The van der Waals surface area contributed by atoms with E-state index in [9.17, 15) is 14.9 Å². The van der Waals surface area contributed by atoms with Gasteiger partial charge in [-0.2, -0.15) is 0 Å². The van der Waals surface area contributed by atoms with E-state index in [0.29, 0.717) is 13.2 Å². The van der Waals surface area contributed by atoms with Crippen LogP contribution in [0, 0.1) is 16.0 Å². The maximum Gasteiger partial charge on any atom is 0.338 e. The van der Waals surface area contributed by atoms with Gasteiger partial charge in [0.1, 0.15) is 5.69 Å². The van der Waals surface area contributed by atoms with E-state index < -0.39 is 10.9 Å². The van der Waals surface area contributed by atoms with Gasteiger partial charge < -0.3 is 15.2 Å². The highest BCUT2D eigenvalue weighted by Gasteiger charge is 2.27. The van der Waals surface area contributed by atoms with E-state index in [0.717, 1.165) is 6.42 Å². The number of nitrogens with zero attached hydrogens (tertiary/aromatic N) is 1. The molecule has 0 saturated carbocycles. The topological polar surface area (TPSA) is 102 Å². The van der Waals surface area contributed by atoms with Crippen LogP contribution < -0.4 is 5.32 Å². The molecule has 1 aliphatic heterocycles. The van der Waals surface area contributed by atoms with Gasteiger partial charge in [-0.05, 0) is 19.4 Å². The minimum atomic E-state index is -1.19. The number of nitro groups is 1. The van der Waals surface area contributed by atoms with Crippen LogP contribution in [-0.4, -0.2) is 35.3 Å². The number of hydrogen-bond donors (Lipinski definition) is 2. The lowest BCUT2D eigenvalue weighted by molar-refractivity contribution is -0.384. The molecule has 20 heavy (non-hydrogen) atoms. The van der Waals surface area contributed by atoms with Gasteiger partial charge in [0.2, 0.25) is 0 Å². The van der Waals surface area contributed by atoms with E-state index in [-0.39, 0.29) is 28.9 Å². The summed E-state index contributed by atoms with van der Waals surface area (Å²) in [7, 11) is 0. The van der Waals surface area contributed by atoms with Gasteiger partial charge in [0.15, 0.2) is 0 Å². The third kappa shape index (κ3) is 2.88. The molecule has 1 saturated heterocycles. The number of rotatable bonds is 5. The molecule has 108 valence electrons. The quantitative estimate of drug-likeness (QED) is 0.632. The molecular weight excluding hydrogens is 264 g/mol. The summed E-state index contributed by atoms with van der Waals surface area (Å²) < 4.78 is 5.28. The van der Waals surface area contributed by atoms with Crippen molar-refractivity contribution in [3.63, 3.8) is 0 Å². The first-order chi connectivity index (χ1) is 9.50. The standard InChI is InChI=1S/C13H16N2O5/c1-8(9-5-6-20-7-9)14-12-10(13(16)17)3-2-4-11(12)15(18)19/h2-4,8-9,14H,5-7H2,1H3,(H,16,17). The molecule has 0 amide bonds. The minimum absolute atomic E-state index is 0.0596. The van der Waals surface area contributed by atoms with E-state index in [2.05, 4.69) is 5.32 Å². The van der Waals surface area contributed by atoms with Crippen LogP contribution in [0.15, 0.2) is 18.2 Å². The molecule has 7 nitrogen and oxygen atoms in total. The summed E-state index contributed by atoms with van der Waals surface area (Å²) in [4.78, 5) is 21.7. The van der Waals surface area contributed by atoms with Gasteiger partial charge >= 0.3 is 5.97 Å². The summed E-state index contributed by atoms with van der Waals surface area (Å²) in [6.07, 6.45) is 0.858. The molecule has 2 rings (SSSR count). The second-order valence-electron chi connectivity index (χ2n) is 4.82. The Morgan fingerprint density at radius 1 is 1.60 bits per heavy atom. The van der Waals surface area contributed by atoms with Crippen molar-refractivity contribution in [3.05, 3.63) is 33.9 Å². The van der Waals surface area contributed by atoms with Crippen LogP contribution >= 0.6 is 0 Å². The van der Waals surface area contributed by atoms with Gasteiger partial charge in [-0.1, -0.05) is 6.07 Å². The first-order valence-corrected chi connectivity index (χ1v) is 6.35. The number of anilines is 1. The van der Waals surface area contributed by atoms with Gasteiger partial charge in [0, 0.05) is 24.6 Å². The monoisotopic (exact) mass is 280 g/mol. The molecule has 0 spiro atoms.